The third kappa shape index (κ3) is 4.93. The molecule has 6 rings (SSSR count). The Labute approximate surface area is 234 Å². The summed E-state index contributed by atoms with van der Waals surface area (Å²) >= 11 is 0. The first-order chi connectivity index (χ1) is 19.5. The molecule has 2 heterocycles. The average molecular weight is 536 g/mol. The number of aromatic nitrogens is 3. The minimum Gasteiger partial charge on any atom is -0.490 e. The molecule has 3 aromatic carbocycles. The Hall–Kier alpha value is -4.59. The van der Waals surface area contributed by atoms with Gasteiger partial charge in [0.15, 0.2) is 23.1 Å². The third-order valence-electron chi connectivity index (χ3n) is 7.33. The summed E-state index contributed by atoms with van der Waals surface area (Å²) in [5.41, 5.74) is 5.67. The summed E-state index contributed by atoms with van der Waals surface area (Å²) in [5.74, 6) is 2.68. The summed E-state index contributed by atoms with van der Waals surface area (Å²) < 4.78 is 14.0. The number of hydrogen-bond donors (Lipinski definition) is 1. The van der Waals surface area contributed by atoms with Crippen LogP contribution in [-0.2, 0) is 11.4 Å². The molecule has 0 radical (unpaired) electrons. The summed E-state index contributed by atoms with van der Waals surface area (Å²) in [4.78, 5) is 20.2. The monoisotopic (exact) mass is 535 g/mol. The standard InChI is InChI=1S/C32H33N5O3/c1-4-39-28-19-23(15-18-27(28)40-20-21-9-6-5-7-10-21)30-29-25(11-8-12-26(29)38)33-32-34-31(35-37(30)32)22-13-16-24(17-14-22)36(2)3/h5-7,9-10,13-19,30H,4,8,11-12,20H2,1-3H3,(H,33,34,35). The zero-order chi connectivity index (χ0) is 27.6. The zero-order valence-electron chi connectivity index (χ0n) is 23.1. The fraction of sp³-hybridized carbons (Fsp3) is 0.281. The molecule has 1 aliphatic heterocycles. The first-order valence-electron chi connectivity index (χ1n) is 13.7. The molecule has 0 spiro atoms. The van der Waals surface area contributed by atoms with Gasteiger partial charge >= 0.3 is 0 Å². The molecule has 0 bridgehead atoms. The van der Waals surface area contributed by atoms with Gasteiger partial charge in [-0.05, 0) is 67.3 Å². The number of carbonyl (C=O) groups excluding carboxylic acids is 1. The second-order valence-electron chi connectivity index (χ2n) is 10.3. The van der Waals surface area contributed by atoms with Crippen LogP contribution < -0.4 is 19.7 Å². The van der Waals surface area contributed by atoms with Gasteiger partial charge in [0.2, 0.25) is 5.95 Å². The summed E-state index contributed by atoms with van der Waals surface area (Å²) in [5, 5.41) is 8.35. The number of benzene rings is 3. The maximum Gasteiger partial charge on any atom is 0.226 e. The predicted octanol–water partition coefficient (Wildman–Crippen LogP) is 6.01. The van der Waals surface area contributed by atoms with Crippen molar-refractivity contribution in [1.29, 1.82) is 0 Å². The van der Waals surface area contributed by atoms with Crippen LogP contribution in [0.4, 0.5) is 11.6 Å². The van der Waals surface area contributed by atoms with Gasteiger partial charge in [-0.1, -0.05) is 36.4 Å². The topological polar surface area (TPSA) is 81.5 Å². The van der Waals surface area contributed by atoms with E-state index in [4.69, 9.17) is 19.6 Å². The lowest BCUT2D eigenvalue weighted by Crippen LogP contribution is -2.31. The molecule has 8 heteroatoms. The summed E-state index contributed by atoms with van der Waals surface area (Å²) in [6.07, 6.45) is 2.14. The highest BCUT2D eigenvalue weighted by Crippen LogP contribution is 2.43. The van der Waals surface area contributed by atoms with Gasteiger partial charge in [0.05, 0.1) is 6.61 Å². The number of nitrogens with zero attached hydrogens (tertiary/aromatic N) is 4. The molecule has 40 heavy (non-hydrogen) atoms. The van der Waals surface area contributed by atoms with Gasteiger partial charge in [-0.25, -0.2) is 4.68 Å². The molecule has 0 amide bonds. The molecule has 1 aromatic heterocycles. The molecule has 1 aliphatic carbocycles. The molecular formula is C32H33N5O3. The summed E-state index contributed by atoms with van der Waals surface area (Å²) in [6, 6.07) is 23.7. The first kappa shape index (κ1) is 25.7. The number of fused-ring (bicyclic) bond motifs is 1. The Morgan fingerprint density at radius 3 is 2.52 bits per heavy atom. The van der Waals surface area contributed by atoms with E-state index in [1.165, 1.54) is 0 Å². The van der Waals surface area contributed by atoms with Gasteiger partial charge in [0.1, 0.15) is 12.6 Å². The number of rotatable bonds is 8. The number of hydrogen-bond acceptors (Lipinski definition) is 7. The molecule has 1 N–H and O–H groups in total. The van der Waals surface area contributed by atoms with E-state index in [1.807, 2.05) is 86.4 Å². The van der Waals surface area contributed by atoms with Crippen molar-refractivity contribution in [1.82, 2.24) is 14.8 Å². The molecule has 0 saturated heterocycles. The summed E-state index contributed by atoms with van der Waals surface area (Å²) in [7, 11) is 4.03. The molecular weight excluding hydrogens is 502 g/mol. The van der Waals surface area contributed by atoms with Crippen LogP contribution in [0.25, 0.3) is 11.4 Å². The smallest absolute Gasteiger partial charge is 0.226 e. The zero-order valence-corrected chi connectivity index (χ0v) is 23.1. The van der Waals surface area contributed by atoms with E-state index < -0.39 is 6.04 Å². The van der Waals surface area contributed by atoms with Crippen LogP contribution in [0.2, 0.25) is 0 Å². The van der Waals surface area contributed by atoms with Gasteiger partial charge in [0.25, 0.3) is 0 Å². The number of carbonyl (C=O) groups is 1. The van der Waals surface area contributed by atoms with Crippen LogP contribution in [0.3, 0.4) is 0 Å². The maximum absolute atomic E-state index is 13.3. The molecule has 204 valence electrons. The lowest BCUT2D eigenvalue weighted by atomic mass is 9.85. The largest absolute Gasteiger partial charge is 0.490 e. The highest BCUT2D eigenvalue weighted by atomic mass is 16.5. The minimum absolute atomic E-state index is 0.138. The van der Waals surface area contributed by atoms with Crippen molar-refractivity contribution in [3.63, 3.8) is 0 Å². The normalized spacial score (nSPS) is 16.2. The number of allylic oxidation sites excluding steroid dienone is 2. The number of nitrogens with one attached hydrogen (secondary N) is 1. The van der Waals surface area contributed by atoms with Gasteiger partial charge in [-0.2, -0.15) is 4.98 Å². The van der Waals surface area contributed by atoms with E-state index in [1.54, 1.807) is 0 Å². The molecule has 1 atom stereocenters. The van der Waals surface area contributed by atoms with Crippen LogP contribution in [0.5, 0.6) is 11.5 Å². The highest BCUT2D eigenvalue weighted by Gasteiger charge is 2.37. The van der Waals surface area contributed by atoms with E-state index in [2.05, 4.69) is 22.3 Å². The number of anilines is 2. The molecule has 1 unspecified atom stereocenters. The Kier molecular flexibility index (Phi) is 6.99. The second-order valence-corrected chi connectivity index (χ2v) is 10.3. The SMILES string of the molecule is CCOc1cc(C2C3=C(CCCC3=O)Nc3nc(-c4ccc(N(C)C)cc4)nn32)ccc1OCc1ccccc1. The van der Waals surface area contributed by atoms with Crippen LogP contribution >= 0.6 is 0 Å². The molecule has 4 aromatic rings. The minimum atomic E-state index is -0.413. The van der Waals surface area contributed by atoms with Gasteiger partial charge in [0, 0.05) is 43.0 Å². The number of ketones is 1. The van der Waals surface area contributed by atoms with Crippen LogP contribution in [0.15, 0.2) is 84.1 Å². The number of ether oxygens (including phenoxy) is 2. The Balaban J connectivity index is 1.39. The first-order valence-corrected chi connectivity index (χ1v) is 13.7. The van der Waals surface area contributed by atoms with Crippen LogP contribution in [0.1, 0.15) is 43.4 Å². The highest BCUT2D eigenvalue weighted by molar-refractivity contribution is 5.99. The molecule has 8 nitrogen and oxygen atoms in total. The van der Waals surface area contributed by atoms with Crippen molar-refractivity contribution in [2.45, 2.75) is 38.8 Å². The lowest BCUT2D eigenvalue weighted by Gasteiger charge is -2.32. The van der Waals surface area contributed by atoms with Gasteiger partial charge < -0.3 is 19.7 Å². The second kappa shape index (κ2) is 10.9. The number of Topliss-reactive ketones (excluding diaryl/α,β-unsaturated/α-hetero) is 1. The van der Waals surface area contributed by atoms with Crippen molar-refractivity contribution >= 4 is 17.4 Å². The lowest BCUT2D eigenvalue weighted by molar-refractivity contribution is -0.116. The van der Waals surface area contributed by atoms with Crippen LogP contribution in [-0.4, -0.2) is 41.2 Å². The molecule has 0 saturated carbocycles. The maximum atomic E-state index is 13.3. The Morgan fingerprint density at radius 2 is 1.77 bits per heavy atom. The van der Waals surface area contributed by atoms with E-state index in [-0.39, 0.29) is 5.78 Å². The third-order valence-corrected chi connectivity index (χ3v) is 7.33. The van der Waals surface area contributed by atoms with Crippen LogP contribution in [0, 0.1) is 0 Å². The fourth-order valence-electron chi connectivity index (χ4n) is 5.31. The van der Waals surface area contributed by atoms with Crippen molar-refractivity contribution in [3.05, 3.63) is 95.2 Å². The van der Waals surface area contributed by atoms with E-state index in [9.17, 15) is 4.79 Å². The van der Waals surface area contributed by atoms with E-state index >= 15 is 0 Å². The van der Waals surface area contributed by atoms with E-state index in [0.29, 0.717) is 42.9 Å². The molecule has 2 aliphatic rings. The van der Waals surface area contributed by atoms with Crippen molar-refractivity contribution in [2.75, 3.05) is 30.9 Å². The van der Waals surface area contributed by atoms with Crippen molar-refractivity contribution < 1.29 is 14.3 Å². The van der Waals surface area contributed by atoms with Gasteiger partial charge in [-0.15, -0.1) is 5.10 Å². The van der Waals surface area contributed by atoms with E-state index in [0.717, 1.165) is 46.5 Å². The Bertz CT molecular complexity index is 1560. The van der Waals surface area contributed by atoms with Crippen molar-refractivity contribution in [2.24, 2.45) is 0 Å². The quantitative estimate of drug-likeness (QED) is 0.296. The van der Waals surface area contributed by atoms with Crippen molar-refractivity contribution in [3.8, 4) is 22.9 Å². The van der Waals surface area contributed by atoms with Gasteiger partial charge in [-0.3, -0.25) is 4.79 Å². The average Bonchev–Trinajstić information content (AvgIpc) is 3.40. The fourth-order valence-corrected chi connectivity index (χ4v) is 5.31. The summed E-state index contributed by atoms with van der Waals surface area (Å²) in [6.45, 7) is 2.88. The Morgan fingerprint density at radius 1 is 0.975 bits per heavy atom. The predicted molar refractivity (Wildman–Crippen MR) is 156 cm³/mol. The molecule has 0 fully saturated rings.